The molecule has 0 saturated heterocycles. The summed E-state index contributed by atoms with van der Waals surface area (Å²) in [6.45, 7) is 11.7. The Hall–Kier alpha value is -0.490. The molecule has 1 rings (SSSR count). The molecule has 0 fully saturated rings. The van der Waals surface area contributed by atoms with Crippen molar-refractivity contribution in [2.45, 2.75) is 39.3 Å². The second-order valence-electron chi connectivity index (χ2n) is 4.98. The number of aliphatic hydroxyl groups is 1. The number of hydrogen-bond donors (Lipinski definition) is 2. The van der Waals surface area contributed by atoms with Crippen molar-refractivity contribution in [2.24, 2.45) is 0 Å². The van der Waals surface area contributed by atoms with Gasteiger partial charge in [0, 0.05) is 24.7 Å². The van der Waals surface area contributed by atoms with E-state index < -0.39 is 0 Å². The first-order chi connectivity index (χ1) is 8.49. The molecule has 0 bridgehead atoms. The minimum atomic E-state index is -0.343. The number of nitrogens with one attached hydrogen (secondary N) is 1. The molecule has 0 radical (unpaired) electrons. The summed E-state index contributed by atoms with van der Waals surface area (Å²) in [5.41, 5.74) is -0.182. The zero-order chi connectivity index (χ0) is 13.6. The largest absolute Gasteiger partial charge is 0.390 e. The molecule has 1 aromatic rings. The highest BCUT2D eigenvalue weighted by Crippen LogP contribution is 2.21. The van der Waals surface area contributed by atoms with Crippen molar-refractivity contribution < 1.29 is 5.11 Å². The lowest BCUT2D eigenvalue weighted by molar-refractivity contribution is 0.109. The molecule has 0 aliphatic rings. The minimum absolute atomic E-state index is 0.182. The normalized spacial score (nSPS) is 14.1. The SMILES string of the molecule is CCN(CC)CC(O)CNC(C)(C)c1nccs1. The number of thiazole rings is 1. The molecule has 2 N–H and O–H groups in total. The van der Waals surface area contributed by atoms with Crippen LogP contribution in [-0.2, 0) is 5.54 Å². The summed E-state index contributed by atoms with van der Waals surface area (Å²) < 4.78 is 0. The standard InChI is InChI=1S/C13H25N3OS/c1-5-16(6-2)10-11(17)9-15-13(3,4)12-14-7-8-18-12/h7-8,11,15,17H,5-6,9-10H2,1-4H3. The average Bonchev–Trinajstić information content (AvgIpc) is 2.88. The molecule has 1 heterocycles. The van der Waals surface area contributed by atoms with Crippen molar-refractivity contribution in [3.8, 4) is 0 Å². The van der Waals surface area contributed by atoms with Crippen LogP contribution in [0.15, 0.2) is 11.6 Å². The number of rotatable bonds is 8. The van der Waals surface area contributed by atoms with E-state index in [0.717, 1.165) is 18.1 Å². The van der Waals surface area contributed by atoms with Crippen LogP contribution < -0.4 is 5.32 Å². The van der Waals surface area contributed by atoms with Crippen molar-refractivity contribution in [1.29, 1.82) is 0 Å². The van der Waals surface area contributed by atoms with E-state index in [9.17, 15) is 5.11 Å². The van der Waals surface area contributed by atoms with Crippen molar-refractivity contribution >= 4 is 11.3 Å². The van der Waals surface area contributed by atoms with E-state index in [-0.39, 0.29) is 11.6 Å². The molecule has 104 valence electrons. The molecule has 0 spiro atoms. The Kier molecular flexibility index (Phi) is 6.21. The molecule has 0 aliphatic carbocycles. The maximum Gasteiger partial charge on any atom is 0.112 e. The van der Waals surface area contributed by atoms with Crippen LogP contribution in [0, 0.1) is 0 Å². The predicted molar refractivity (Wildman–Crippen MR) is 76.9 cm³/mol. The molecule has 1 atom stereocenters. The van der Waals surface area contributed by atoms with Gasteiger partial charge >= 0.3 is 0 Å². The highest BCUT2D eigenvalue weighted by atomic mass is 32.1. The van der Waals surface area contributed by atoms with E-state index in [0.29, 0.717) is 13.1 Å². The van der Waals surface area contributed by atoms with Gasteiger partial charge in [-0.2, -0.15) is 0 Å². The fraction of sp³-hybridized carbons (Fsp3) is 0.769. The van der Waals surface area contributed by atoms with Crippen LogP contribution in [0.5, 0.6) is 0 Å². The van der Waals surface area contributed by atoms with Crippen LogP contribution >= 0.6 is 11.3 Å². The third kappa shape index (κ3) is 4.65. The first-order valence-electron chi connectivity index (χ1n) is 6.55. The molecule has 1 aromatic heterocycles. The van der Waals surface area contributed by atoms with Crippen molar-refractivity contribution in [3.05, 3.63) is 16.6 Å². The van der Waals surface area contributed by atoms with E-state index >= 15 is 0 Å². The van der Waals surface area contributed by atoms with Gasteiger partial charge in [0.1, 0.15) is 5.01 Å². The van der Waals surface area contributed by atoms with Crippen LogP contribution in [0.2, 0.25) is 0 Å². The maximum absolute atomic E-state index is 10.0. The Morgan fingerprint density at radius 2 is 2.11 bits per heavy atom. The number of aliphatic hydroxyl groups excluding tert-OH is 1. The zero-order valence-electron chi connectivity index (χ0n) is 11.8. The van der Waals surface area contributed by atoms with Gasteiger partial charge in [-0.05, 0) is 26.9 Å². The second kappa shape index (κ2) is 7.19. The lowest BCUT2D eigenvalue weighted by Crippen LogP contribution is -2.44. The average molecular weight is 271 g/mol. The van der Waals surface area contributed by atoms with Gasteiger partial charge in [0.25, 0.3) is 0 Å². The summed E-state index contributed by atoms with van der Waals surface area (Å²) in [6, 6.07) is 0. The smallest absolute Gasteiger partial charge is 0.112 e. The van der Waals surface area contributed by atoms with E-state index in [1.807, 2.05) is 11.6 Å². The van der Waals surface area contributed by atoms with Crippen molar-refractivity contribution in [2.75, 3.05) is 26.2 Å². The Bertz CT molecular complexity index is 323. The van der Waals surface area contributed by atoms with E-state index in [4.69, 9.17) is 0 Å². The zero-order valence-corrected chi connectivity index (χ0v) is 12.6. The quantitative estimate of drug-likeness (QED) is 0.755. The number of hydrogen-bond acceptors (Lipinski definition) is 5. The summed E-state index contributed by atoms with van der Waals surface area (Å²) in [5, 5.41) is 16.4. The van der Waals surface area contributed by atoms with Gasteiger partial charge in [-0.15, -0.1) is 11.3 Å². The summed E-state index contributed by atoms with van der Waals surface area (Å²) in [5.74, 6) is 0. The highest BCUT2D eigenvalue weighted by Gasteiger charge is 2.23. The third-order valence-corrected chi connectivity index (χ3v) is 4.21. The highest BCUT2D eigenvalue weighted by molar-refractivity contribution is 7.09. The fourth-order valence-corrected chi connectivity index (χ4v) is 2.56. The van der Waals surface area contributed by atoms with E-state index in [1.165, 1.54) is 0 Å². The molecule has 0 amide bonds. The van der Waals surface area contributed by atoms with Crippen LogP contribution in [0.25, 0.3) is 0 Å². The fourth-order valence-electron chi connectivity index (χ4n) is 1.83. The number of likely N-dealkylation sites (N-methyl/N-ethyl adjacent to an activating group) is 1. The van der Waals surface area contributed by atoms with Crippen LogP contribution in [0.1, 0.15) is 32.7 Å². The Labute approximate surface area is 114 Å². The Morgan fingerprint density at radius 1 is 1.44 bits per heavy atom. The van der Waals surface area contributed by atoms with Gasteiger partial charge in [-0.3, -0.25) is 0 Å². The van der Waals surface area contributed by atoms with Gasteiger partial charge in [0.2, 0.25) is 0 Å². The molecule has 5 heteroatoms. The third-order valence-electron chi connectivity index (χ3n) is 3.11. The van der Waals surface area contributed by atoms with Gasteiger partial charge in [0.05, 0.1) is 11.6 Å². The first kappa shape index (κ1) is 15.6. The summed E-state index contributed by atoms with van der Waals surface area (Å²) >= 11 is 1.64. The van der Waals surface area contributed by atoms with Crippen LogP contribution in [0.3, 0.4) is 0 Å². The van der Waals surface area contributed by atoms with Crippen LogP contribution in [0.4, 0.5) is 0 Å². The van der Waals surface area contributed by atoms with Gasteiger partial charge < -0.3 is 15.3 Å². The monoisotopic (exact) mass is 271 g/mol. The van der Waals surface area contributed by atoms with Gasteiger partial charge in [0.15, 0.2) is 0 Å². The maximum atomic E-state index is 10.0. The van der Waals surface area contributed by atoms with Crippen LogP contribution in [-0.4, -0.2) is 47.3 Å². The molecule has 18 heavy (non-hydrogen) atoms. The molecule has 0 saturated carbocycles. The van der Waals surface area contributed by atoms with E-state index in [2.05, 4.69) is 42.9 Å². The Balaban J connectivity index is 2.40. The minimum Gasteiger partial charge on any atom is -0.390 e. The molecule has 1 unspecified atom stereocenters. The number of nitrogens with zero attached hydrogens (tertiary/aromatic N) is 2. The molecule has 4 nitrogen and oxygen atoms in total. The molecule has 0 aromatic carbocycles. The van der Waals surface area contributed by atoms with Gasteiger partial charge in [-0.25, -0.2) is 4.98 Å². The topological polar surface area (TPSA) is 48.4 Å². The van der Waals surface area contributed by atoms with E-state index in [1.54, 1.807) is 11.3 Å². The molecular weight excluding hydrogens is 246 g/mol. The van der Waals surface area contributed by atoms with Gasteiger partial charge in [-0.1, -0.05) is 13.8 Å². The first-order valence-corrected chi connectivity index (χ1v) is 7.43. The molecular formula is C13H25N3OS. The van der Waals surface area contributed by atoms with Crippen molar-refractivity contribution in [1.82, 2.24) is 15.2 Å². The lowest BCUT2D eigenvalue weighted by Gasteiger charge is -2.27. The second-order valence-corrected chi connectivity index (χ2v) is 5.88. The predicted octanol–water partition coefficient (Wildman–Crippen LogP) is 1.67. The molecule has 0 aliphatic heterocycles. The number of aromatic nitrogens is 1. The summed E-state index contributed by atoms with van der Waals surface area (Å²) in [4.78, 5) is 6.55. The summed E-state index contributed by atoms with van der Waals surface area (Å²) in [7, 11) is 0. The Morgan fingerprint density at radius 3 is 2.61 bits per heavy atom. The lowest BCUT2D eigenvalue weighted by atomic mass is 10.1. The summed E-state index contributed by atoms with van der Waals surface area (Å²) in [6.07, 6.45) is 1.47. The van der Waals surface area contributed by atoms with Crippen molar-refractivity contribution in [3.63, 3.8) is 0 Å².